The Morgan fingerprint density at radius 1 is 1.19 bits per heavy atom. The molecule has 0 fully saturated rings. The van der Waals surface area contributed by atoms with E-state index < -0.39 is 5.97 Å². The number of benzene rings is 1. The van der Waals surface area contributed by atoms with E-state index in [1.807, 2.05) is 11.4 Å². The molecule has 0 saturated heterocycles. The van der Waals surface area contributed by atoms with E-state index in [1.54, 1.807) is 30.3 Å². The van der Waals surface area contributed by atoms with Gasteiger partial charge >= 0.3 is 5.97 Å². The molecule has 1 amide bonds. The predicted molar refractivity (Wildman–Crippen MR) is 81.0 cm³/mol. The molecular weight excluding hydrogens is 288 g/mol. The zero-order valence-electron chi connectivity index (χ0n) is 10.7. The molecule has 5 nitrogen and oxygen atoms in total. The maximum atomic E-state index is 12.0. The van der Waals surface area contributed by atoms with Crippen molar-refractivity contribution in [3.8, 4) is 0 Å². The molecule has 2 aromatic heterocycles. The number of carboxylic acids is 1. The molecule has 1 aromatic carbocycles. The molecule has 21 heavy (non-hydrogen) atoms. The second-order valence-corrected chi connectivity index (χ2v) is 5.28. The SMILES string of the molecule is O=C(Nc1ccc2c(C(=O)O)nccc2c1)c1cccs1. The van der Waals surface area contributed by atoms with E-state index in [9.17, 15) is 9.59 Å². The predicted octanol–water partition coefficient (Wildman–Crippen LogP) is 3.25. The van der Waals surface area contributed by atoms with Crippen LogP contribution in [0.2, 0.25) is 0 Å². The van der Waals surface area contributed by atoms with Crippen molar-refractivity contribution in [1.82, 2.24) is 4.98 Å². The van der Waals surface area contributed by atoms with E-state index in [0.717, 1.165) is 0 Å². The molecule has 0 radical (unpaired) electrons. The van der Waals surface area contributed by atoms with E-state index in [4.69, 9.17) is 5.11 Å². The normalized spacial score (nSPS) is 10.5. The summed E-state index contributed by atoms with van der Waals surface area (Å²) in [4.78, 5) is 27.6. The fourth-order valence-electron chi connectivity index (χ4n) is 2.03. The minimum atomic E-state index is -1.07. The van der Waals surface area contributed by atoms with Crippen LogP contribution >= 0.6 is 11.3 Å². The number of hydrogen-bond donors (Lipinski definition) is 2. The Kier molecular flexibility index (Phi) is 3.37. The average molecular weight is 298 g/mol. The van der Waals surface area contributed by atoms with Crippen LogP contribution in [0, 0.1) is 0 Å². The Morgan fingerprint density at radius 2 is 2.05 bits per heavy atom. The monoisotopic (exact) mass is 298 g/mol. The summed E-state index contributed by atoms with van der Waals surface area (Å²) in [5.74, 6) is -1.26. The fourth-order valence-corrected chi connectivity index (χ4v) is 2.65. The highest BCUT2D eigenvalue weighted by Gasteiger charge is 2.11. The summed E-state index contributed by atoms with van der Waals surface area (Å²) in [6.07, 6.45) is 1.44. The summed E-state index contributed by atoms with van der Waals surface area (Å²) in [6, 6.07) is 10.3. The van der Waals surface area contributed by atoms with Gasteiger partial charge in [0, 0.05) is 17.3 Å². The number of fused-ring (bicyclic) bond motifs is 1. The van der Waals surface area contributed by atoms with E-state index in [1.165, 1.54) is 17.5 Å². The fraction of sp³-hybridized carbons (Fsp3) is 0. The second kappa shape index (κ2) is 5.34. The lowest BCUT2D eigenvalue weighted by Gasteiger charge is -2.06. The van der Waals surface area contributed by atoms with E-state index >= 15 is 0 Å². The maximum absolute atomic E-state index is 12.0. The van der Waals surface area contributed by atoms with Gasteiger partial charge in [0.2, 0.25) is 0 Å². The Labute approximate surface area is 123 Å². The number of rotatable bonds is 3. The third kappa shape index (κ3) is 2.61. The van der Waals surface area contributed by atoms with Crippen molar-refractivity contribution in [2.24, 2.45) is 0 Å². The molecule has 2 N–H and O–H groups in total. The Bertz CT molecular complexity index is 828. The number of nitrogens with one attached hydrogen (secondary N) is 1. The van der Waals surface area contributed by atoms with Crippen LogP contribution in [0.4, 0.5) is 5.69 Å². The van der Waals surface area contributed by atoms with Gasteiger partial charge in [-0.2, -0.15) is 0 Å². The van der Waals surface area contributed by atoms with Crippen LogP contribution in [0.5, 0.6) is 0 Å². The number of hydrogen-bond acceptors (Lipinski definition) is 4. The third-order valence-corrected chi connectivity index (χ3v) is 3.84. The molecule has 6 heteroatoms. The highest BCUT2D eigenvalue weighted by molar-refractivity contribution is 7.12. The highest BCUT2D eigenvalue weighted by atomic mass is 32.1. The summed E-state index contributed by atoms with van der Waals surface area (Å²) in [6.45, 7) is 0. The molecule has 0 atom stereocenters. The van der Waals surface area contributed by atoms with E-state index in [-0.39, 0.29) is 11.6 Å². The number of aromatic nitrogens is 1. The minimum Gasteiger partial charge on any atom is -0.476 e. The third-order valence-electron chi connectivity index (χ3n) is 2.97. The van der Waals surface area contributed by atoms with E-state index in [2.05, 4.69) is 10.3 Å². The quantitative estimate of drug-likeness (QED) is 0.778. The molecule has 0 aliphatic carbocycles. The first-order valence-corrected chi connectivity index (χ1v) is 7.00. The number of carbonyl (C=O) groups is 2. The summed E-state index contributed by atoms with van der Waals surface area (Å²) < 4.78 is 0. The van der Waals surface area contributed by atoms with Crippen molar-refractivity contribution in [3.63, 3.8) is 0 Å². The van der Waals surface area contributed by atoms with Crippen LogP contribution in [0.1, 0.15) is 20.2 Å². The molecule has 0 aliphatic rings. The maximum Gasteiger partial charge on any atom is 0.355 e. The number of nitrogens with zero attached hydrogens (tertiary/aromatic N) is 1. The molecule has 0 aliphatic heterocycles. The number of thiophene rings is 1. The number of carboxylic acid groups (broad SMARTS) is 1. The lowest BCUT2D eigenvalue weighted by Crippen LogP contribution is -2.10. The number of carbonyl (C=O) groups excluding carboxylic acids is 1. The van der Waals surface area contributed by atoms with Crippen molar-refractivity contribution in [3.05, 3.63) is 58.5 Å². The van der Waals surface area contributed by atoms with Gasteiger partial charge in [-0.15, -0.1) is 11.3 Å². The van der Waals surface area contributed by atoms with Crippen molar-refractivity contribution >= 4 is 39.7 Å². The minimum absolute atomic E-state index is 0.00336. The summed E-state index contributed by atoms with van der Waals surface area (Å²) in [5.41, 5.74) is 0.618. The molecule has 3 rings (SSSR count). The number of pyridine rings is 1. The van der Waals surface area contributed by atoms with Gasteiger partial charge in [0.25, 0.3) is 5.91 Å². The van der Waals surface area contributed by atoms with Crippen molar-refractivity contribution in [2.45, 2.75) is 0 Å². The van der Waals surface area contributed by atoms with Gasteiger partial charge in [-0.05, 0) is 41.1 Å². The molecule has 3 aromatic rings. The lowest BCUT2D eigenvalue weighted by atomic mass is 10.1. The standard InChI is InChI=1S/C15H10N2O3S/c18-14(12-2-1-7-21-12)17-10-3-4-11-9(8-10)5-6-16-13(11)15(19)20/h1-8H,(H,17,18)(H,19,20). The number of aromatic carboxylic acids is 1. The molecule has 0 bridgehead atoms. The molecule has 2 heterocycles. The van der Waals surface area contributed by atoms with Crippen molar-refractivity contribution in [1.29, 1.82) is 0 Å². The van der Waals surface area contributed by atoms with Crippen molar-refractivity contribution in [2.75, 3.05) is 5.32 Å². The topological polar surface area (TPSA) is 79.3 Å². The summed E-state index contributed by atoms with van der Waals surface area (Å²) >= 11 is 1.36. The first kappa shape index (κ1) is 13.3. The largest absolute Gasteiger partial charge is 0.476 e. The van der Waals surface area contributed by atoms with Gasteiger partial charge in [-0.3, -0.25) is 4.79 Å². The van der Waals surface area contributed by atoms with Crippen LogP contribution in [-0.4, -0.2) is 22.0 Å². The molecular formula is C15H10N2O3S. The van der Waals surface area contributed by atoms with Gasteiger partial charge in [-0.25, -0.2) is 9.78 Å². The summed E-state index contributed by atoms with van der Waals surface area (Å²) in [7, 11) is 0. The molecule has 104 valence electrons. The zero-order valence-corrected chi connectivity index (χ0v) is 11.6. The van der Waals surface area contributed by atoms with Crippen LogP contribution in [0.25, 0.3) is 10.8 Å². The van der Waals surface area contributed by atoms with Gasteiger partial charge in [0.15, 0.2) is 5.69 Å². The van der Waals surface area contributed by atoms with Gasteiger partial charge in [-0.1, -0.05) is 6.07 Å². The first-order valence-electron chi connectivity index (χ1n) is 6.12. The average Bonchev–Trinajstić information content (AvgIpc) is 3.00. The van der Waals surface area contributed by atoms with Crippen LogP contribution in [-0.2, 0) is 0 Å². The molecule has 0 spiro atoms. The number of amides is 1. The lowest BCUT2D eigenvalue weighted by molar-refractivity contribution is 0.0692. The smallest absolute Gasteiger partial charge is 0.355 e. The van der Waals surface area contributed by atoms with Gasteiger partial charge in [0.05, 0.1) is 4.88 Å². The Balaban J connectivity index is 1.95. The first-order chi connectivity index (χ1) is 10.1. The van der Waals surface area contributed by atoms with Crippen LogP contribution in [0.3, 0.4) is 0 Å². The van der Waals surface area contributed by atoms with E-state index in [0.29, 0.717) is 21.3 Å². The van der Waals surface area contributed by atoms with Gasteiger partial charge < -0.3 is 10.4 Å². The van der Waals surface area contributed by atoms with Gasteiger partial charge in [0.1, 0.15) is 0 Å². The zero-order chi connectivity index (χ0) is 14.8. The highest BCUT2D eigenvalue weighted by Crippen LogP contribution is 2.22. The van der Waals surface area contributed by atoms with Crippen LogP contribution < -0.4 is 5.32 Å². The molecule has 0 unspecified atom stereocenters. The Hall–Kier alpha value is -2.73. The number of anilines is 1. The molecule has 0 saturated carbocycles. The van der Waals surface area contributed by atoms with Crippen LogP contribution in [0.15, 0.2) is 48.0 Å². The Morgan fingerprint density at radius 3 is 2.76 bits per heavy atom. The summed E-state index contributed by atoms with van der Waals surface area (Å²) in [5, 5.41) is 15.0. The second-order valence-electron chi connectivity index (χ2n) is 4.33. The van der Waals surface area contributed by atoms with Crippen molar-refractivity contribution < 1.29 is 14.7 Å².